The molecule has 0 saturated heterocycles. The van der Waals surface area contributed by atoms with Crippen LogP contribution >= 0.6 is 0 Å². The number of carboxylic acids is 1. The molecular weight excluding hydrogens is 222 g/mol. The van der Waals surface area contributed by atoms with Gasteiger partial charge in [0.05, 0.1) is 5.69 Å². The number of unbranched alkanes of at least 4 members (excludes halogenated alkanes) is 1. The van der Waals surface area contributed by atoms with Gasteiger partial charge in [-0.1, -0.05) is 13.3 Å². The van der Waals surface area contributed by atoms with Crippen LogP contribution in [-0.4, -0.2) is 28.6 Å². The van der Waals surface area contributed by atoms with E-state index in [0.717, 1.165) is 12.8 Å². The molecule has 1 aromatic heterocycles. The molecule has 94 valence electrons. The number of hydrogen-bond acceptors (Lipinski definition) is 2. The molecule has 1 aromatic rings. The van der Waals surface area contributed by atoms with Gasteiger partial charge in [-0.25, -0.2) is 9.59 Å². The minimum absolute atomic E-state index is 0.0932. The molecule has 1 rings (SSSR count). The van der Waals surface area contributed by atoms with Gasteiger partial charge in [-0.15, -0.1) is 0 Å². The Labute approximate surface area is 99.4 Å². The monoisotopic (exact) mass is 239 g/mol. The fourth-order valence-corrected chi connectivity index (χ4v) is 1.45. The highest BCUT2D eigenvalue weighted by Crippen LogP contribution is 2.18. The van der Waals surface area contributed by atoms with Crippen molar-refractivity contribution in [2.24, 2.45) is 0 Å². The maximum Gasteiger partial charge on any atom is 0.339 e. The van der Waals surface area contributed by atoms with E-state index in [1.807, 2.05) is 6.92 Å². The van der Waals surface area contributed by atoms with Crippen LogP contribution in [0, 0.1) is 6.92 Å². The normalized spacial score (nSPS) is 10.0. The quantitative estimate of drug-likeness (QED) is 0.591. The number of aromatic nitrogens is 1. The summed E-state index contributed by atoms with van der Waals surface area (Å²) in [5.74, 6) is -1.06. The third-order valence-corrected chi connectivity index (χ3v) is 2.36. The summed E-state index contributed by atoms with van der Waals surface area (Å²) in [6.07, 6.45) is 3.35. The summed E-state index contributed by atoms with van der Waals surface area (Å²) < 4.78 is 0. The van der Waals surface area contributed by atoms with Gasteiger partial charge in [0.25, 0.3) is 0 Å². The van der Waals surface area contributed by atoms with Crippen LogP contribution in [0.1, 0.15) is 35.8 Å². The third kappa shape index (κ3) is 3.51. The summed E-state index contributed by atoms with van der Waals surface area (Å²) in [6, 6.07) is -0.389. The van der Waals surface area contributed by atoms with E-state index in [9.17, 15) is 9.59 Å². The van der Waals surface area contributed by atoms with Crippen molar-refractivity contribution < 1.29 is 14.7 Å². The Bertz CT molecular complexity index is 412. The van der Waals surface area contributed by atoms with Crippen LogP contribution in [0.5, 0.6) is 0 Å². The van der Waals surface area contributed by atoms with Crippen LogP contribution in [-0.2, 0) is 0 Å². The number of carboxylic acid groups (broad SMARTS) is 1. The Balaban J connectivity index is 2.62. The van der Waals surface area contributed by atoms with Gasteiger partial charge in [0.2, 0.25) is 0 Å². The zero-order valence-electron chi connectivity index (χ0n) is 9.96. The zero-order valence-corrected chi connectivity index (χ0v) is 9.96. The van der Waals surface area contributed by atoms with Crippen molar-refractivity contribution in [1.29, 1.82) is 0 Å². The van der Waals surface area contributed by atoms with E-state index in [1.165, 1.54) is 6.20 Å². The summed E-state index contributed by atoms with van der Waals surface area (Å²) in [5.41, 5.74) is 0.890. The molecule has 0 fully saturated rings. The Morgan fingerprint density at radius 2 is 2.18 bits per heavy atom. The van der Waals surface area contributed by atoms with Gasteiger partial charge < -0.3 is 20.7 Å². The minimum atomic E-state index is -1.06. The van der Waals surface area contributed by atoms with Gasteiger partial charge in [0.15, 0.2) is 0 Å². The molecule has 4 N–H and O–H groups in total. The number of nitrogens with one attached hydrogen (secondary N) is 3. The van der Waals surface area contributed by atoms with E-state index in [0.29, 0.717) is 12.2 Å². The predicted octanol–water partition coefficient (Wildman–Crippen LogP) is 1.94. The molecule has 0 aliphatic heterocycles. The lowest BCUT2D eigenvalue weighted by Gasteiger charge is -2.06. The Hall–Kier alpha value is -1.98. The SMILES string of the molecule is CCCCNC(=O)Nc1c[nH]c(C)c1C(=O)O. The molecule has 0 saturated carbocycles. The first-order chi connectivity index (χ1) is 8.06. The predicted molar refractivity (Wildman–Crippen MR) is 64.4 cm³/mol. The Kier molecular flexibility index (Phi) is 4.56. The Morgan fingerprint density at radius 1 is 1.47 bits per heavy atom. The van der Waals surface area contributed by atoms with E-state index in [1.54, 1.807) is 6.92 Å². The first-order valence-electron chi connectivity index (χ1n) is 5.52. The van der Waals surface area contributed by atoms with Gasteiger partial charge in [0.1, 0.15) is 5.56 Å². The summed E-state index contributed by atoms with van der Waals surface area (Å²) >= 11 is 0. The maximum atomic E-state index is 11.4. The molecule has 6 nitrogen and oxygen atoms in total. The molecule has 0 aliphatic rings. The Morgan fingerprint density at radius 3 is 2.76 bits per heavy atom. The standard InChI is InChI=1S/C11H17N3O3/c1-3-4-5-12-11(17)14-8-6-13-7(2)9(8)10(15)16/h6,13H,3-5H2,1-2H3,(H,15,16)(H2,12,14,17). The number of urea groups is 1. The number of aromatic amines is 1. The van der Waals surface area contributed by atoms with E-state index in [2.05, 4.69) is 15.6 Å². The first kappa shape index (κ1) is 13.1. The number of carbonyl (C=O) groups excluding carboxylic acids is 1. The van der Waals surface area contributed by atoms with Crippen molar-refractivity contribution in [3.63, 3.8) is 0 Å². The zero-order chi connectivity index (χ0) is 12.8. The van der Waals surface area contributed by atoms with E-state index in [-0.39, 0.29) is 17.3 Å². The van der Waals surface area contributed by atoms with Crippen LogP contribution in [0.25, 0.3) is 0 Å². The fraction of sp³-hybridized carbons (Fsp3) is 0.455. The molecule has 2 amide bonds. The van der Waals surface area contributed by atoms with Gasteiger partial charge in [0, 0.05) is 18.4 Å². The third-order valence-electron chi connectivity index (χ3n) is 2.36. The molecular formula is C11H17N3O3. The van der Waals surface area contributed by atoms with Crippen LogP contribution in [0.15, 0.2) is 6.20 Å². The molecule has 0 radical (unpaired) electrons. The van der Waals surface area contributed by atoms with Crippen LogP contribution in [0.4, 0.5) is 10.5 Å². The second-order valence-corrected chi connectivity index (χ2v) is 3.74. The number of aromatic carboxylic acids is 1. The van der Waals surface area contributed by atoms with Crippen molar-refractivity contribution in [3.8, 4) is 0 Å². The average Bonchev–Trinajstić information content (AvgIpc) is 2.60. The second-order valence-electron chi connectivity index (χ2n) is 3.74. The van der Waals surface area contributed by atoms with Crippen LogP contribution in [0.3, 0.4) is 0 Å². The summed E-state index contributed by atoms with van der Waals surface area (Å²) in [5, 5.41) is 14.1. The summed E-state index contributed by atoms with van der Waals surface area (Å²) in [4.78, 5) is 25.2. The van der Waals surface area contributed by atoms with E-state index >= 15 is 0 Å². The van der Waals surface area contributed by atoms with E-state index in [4.69, 9.17) is 5.11 Å². The molecule has 6 heteroatoms. The highest BCUT2D eigenvalue weighted by Gasteiger charge is 2.16. The van der Waals surface area contributed by atoms with Gasteiger partial charge in [-0.05, 0) is 13.3 Å². The molecule has 0 aromatic carbocycles. The number of anilines is 1. The molecule has 0 atom stereocenters. The molecule has 17 heavy (non-hydrogen) atoms. The highest BCUT2D eigenvalue weighted by atomic mass is 16.4. The second kappa shape index (κ2) is 5.93. The van der Waals surface area contributed by atoms with Gasteiger partial charge >= 0.3 is 12.0 Å². The number of rotatable bonds is 5. The summed E-state index contributed by atoms with van der Waals surface area (Å²) in [6.45, 7) is 4.25. The van der Waals surface area contributed by atoms with Crippen molar-refractivity contribution in [2.45, 2.75) is 26.7 Å². The van der Waals surface area contributed by atoms with Crippen molar-refractivity contribution in [3.05, 3.63) is 17.5 Å². The van der Waals surface area contributed by atoms with Crippen molar-refractivity contribution in [2.75, 3.05) is 11.9 Å². The van der Waals surface area contributed by atoms with Crippen LogP contribution in [0.2, 0.25) is 0 Å². The minimum Gasteiger partial charge on any atom is -0.478 e. The number of amides is 2. The molecule has 0 spiro atoms. The fourth-order valence-electron chi connectivity index (χ4n) is 1.45. The number of H-pyrrole nitrogens is 1. The topological polar surface area (TPSA) is 94.2 Å². The largest absolute Gasteiger partial charge is 0.478 e. The average molecular weight is 239 g/mol. The molecule has 0 bridgehead atoms. The smallest absolute Gasteiger partial charge is 0.339 e. The molecule has 0 aliphatic carbocycles. The lowest BCUT2D eigenvalue weighted by atomic mass is 10.2. The number of carbonyl (C=O) groups is 2. The van der Waals surface area contributed by atoms with Gasteiger partial charge in [-0.3, -0.25) is 0 Å². The lowest BCUT2D eigenvalue weighted by Crippen LogP contribution is -2.29. The number of hydrogen-bond donors (Lipinski definition) is 4. The van der Waals surface area contributed by atoms with E-state index < -0.39 is 5.97 Å². The lowest BCUT2D eigenvalue weighted by molar-refractivity contribution is 0.0697. The molecule has 0 unspecified atom stereocenters. The molecule has 1 heterocycles. The van der Waals surface area contributed by atoms with Crippen molar-refractivity contribution in [1.82, 2.24) is 10.3 Å². The van der Waals surface area contributed by atoms with Gasteiger partial charge in [-0.2, -0.15) is 0 Å². The number of aryl methyl sites for hydroxylation is 1. The highest BCUT2D eigenvalue weighted by molar-refractivity contribution is 6.00. The van der Waals surface area contributed by atoms with Crippen molar-refractivity contribution >= 4 is 17.7 Å². The first-order valence-corrected chi connectivity index (χ1v) is 5.52. The van der Waals surface area contributed by atoms with Crippen LogP contribution < -0.4 is 10.6 Å². The maximum absolute atomic E-state index is 11.4. The summed E-state index contributed by atoms with van der Waals surface area (Å²) in [7, 11) is 0.